The average molecular weight is 234 g/mol. The molecule has 2 rings (SSSR count). The van der Waals surface area contributed by atoms with E-state index in [-0.39, 0.29) is 0 Å². The Kier molecular flexibility index (Phi) is 2.88. The Balaban J connectivity index is 2.30. The molecule has 0 radical (unpaired) electrons. The smallest absolute Gasteiger partial charge is 0.195 e. The average Bonchev–Trinajstić information content (AvgIpc) is 2.67. The van der Waals surface area contributed by atoms with Gasteiger partial charge in [-0.1, -0.05) is 0 Å². The SMILES string of the molecule is Cn1cnnc1Sc1ccc(C#N)cc1F. The lowest BCUT2D eigenvalue weighted by Crippen LogP contribution is -1.90. The summed E-state index contributed by atoms with van der Waals surface area (Å²) < 4.78 is 15.2. The van der Waals surface area contributed by atoms with Crippen molar-refractivity contribution in [1.29, 1.82) is 5.26 Å². The molecule has 0 unspecified atom stereocenters. The van der Waals surface area contributed by atoms with Crippen LogP contribution < -0.4 is 0 Å². The normalized spacial score (nSPS) is 10.1. The number of halogens is 1. The molecule has 1 aromatic carbocycles. The lowest BCUT2D eigenvalue weighted by atomic mass is 10.2. The van der Waals surface area contributed by atoms with Gasteiger partial charge in [0.15, 0.2) is 5.16 Å². The highest BCUT2D eigenvalue weighted by Gasteiger charge is 2.08. The van der Waals surface area contributed by atoms with Gasteiger partial charge >= 0.3 is 0 Å². The molecule has 0 aliphatic rings. The minimum atomic E-state index is -0.424. The number of aromatic nitrogens is 3. The summed E-state index contributed by atoms with van der Waals surface area (Å²) in [7, 11) is 1.78. The third kappa shape index (κ3) is 2.04. The molecule has 1 heterocycles. The zero-order valence-corrected chi connectivity index (χ0v) is 9.20. The van der Waals surface area contributed by atoms with E-state index in [1.165, 1.54) is 17.8 Å². The molecule has 0 bridgehead atoms. The Morgan fingerprint density at radius 1 is 1.50 bits per heavy atom. The van der Waals surface area contributed by atoms with Gasteiger partial charge in [0.2, 0.25) is 0 Å². The van der Waals surface area contributed by atoms with Gasteiger partial charge in [0.1, 0.15) is 12.1 Å². The number of benzene rings is 1. The first-order valence-electron chi connectivity index (χ1n) is 4.42. The summed E-state index contributed by atoms with van der Waals surface area (Å²) in [5, 5.41) is 16.7. The van der Waals surface area contributed by atoms with Gasteiger partial charge in [0.25, 0.3) is 0 Å². The topological polar surface area (TPSA) is 54.5 Å². The van der Waals surface area contributed by atoms with Crippen molar-refractivity contribution < 1.29 is 4.39 Å². The highest BCUT2D eigenvalue weighted by molar-refractivity contribution is 7.99. The summed E-state index contributed by atoms with van der Waals surface area (Å²) in [5.74, 6) is -0.424. The molecule has 0 aliphatic carbocycles. The largest absolute Gasteiger partial charge is 0.311 e. The Hall–Kier alpha value is -1.87. The fourth-order valence-corrected chi connectivity index (χ4v) is 1.88. The van der Waals surface area contributed by atoms with Crippen LogP contribution in [0, 0.1) is 17.1 Å². The second kappa shape index (κ2) is 4.33. The number of hydrogen-bond donors (Lipinski definition) is 0. The summed E-state index contributed by atoms with van der Waals surface area (Å²) in [5.41, 5.74) is 0.305. The fourth-order valence-electron chi connectivity index (χ4n) is 1.12. The lowest BCUT2D eigenvalue weighted by molar-refractivity contribution is 0.600. The second-order valence-electron chi connectivity index (χ2n) is 3.08. The zero-order chi connectivity index (χ0) is 11.5. The summed E-state index contributed by atoms with van der Waals surface area (Å²) in [6.45, 7) is 0. The summed E-state index contributed by atoms with van der Waals surface area (Å²) in [6.07, 6.45) is 1.55. The van der Waals surface area contributed by atoms with Crippen LogP contribution in [0.4, 0.5) is 4.39 Å². The van der Waals surface area contributed by atoms with E-state index in [9.17, 15) is 4.39 Å². The van der Waals surface area contributed by atoms with Crippen LogP contribution in [0.1, 0.15) is 5.56 Å². The third-order valence-electron chi connectivity index (χ3n) is 1.93. The first-order valence-corrected chi connectivity index (χ1v) is 5.24. The first-order chi connectivity index (χ1) is 7.70. The number of aryl methyl sites for hydroxylation is 1. The van der Waals surface area contributed by atoms with E-state index in [4.69, 9.17) is 5.26 Å². The van der Waals surface area contributed by atoms with Gasteiger partial charge in [-0.2, -0.15) is 5.26 Å². The number of nitrogens with zero attached hydrogens (tertiary/aromatic N) is 4. The maximum atomic E-state index is 13.5. The molecule has 0 saturated heterocycles. The molecule has 0 spiro atoms. The minimum Gasteiger partial charge on any atom is -0.311 e. The van der Waals surface area contributed by atoms with Gasteiger partial charge in [-0.15, -0.1) is 10.2 Å². The monoisotopic (exact) mass is 234 g/mol. The van der Waals surface area contributed by atoms with Crippen molar-refractivity contribution in [3.63, 3.8) is 0 Å². The van der Waals surface area contributed by atoms with Crippen molar-refractivity contribution in [2.24, 2.45) is 7.05 Å². The van der Waals surface area contributed by atoms with E-state index in [1.54, 1.807) is 30.1 Å². The molecular weight excluding hydrogens is 227 g/mol. The first kappa shape index (κ1) is 10.6. The van der Waals surface area contributed by atoms with Crippen molar-refractivity contribution in [2.75, 3.05) is 0 Å². The Morgan fingerprint density at radius 2 is 2.31 bits per heavy atom. The number of nitriles is 1. The van der Waals surface area contributed by atoms with E-state index in [0.29, 0.717) is 15.6 Å². The lowest BCUT2D eigenvalue weighted by Gasteiger charge is -2.01. The molecule has 0 fully saturated rings. The standard InChI is InChI=1S/C10H7FN4S/c1-15-6-13-14-10(15)16-9-3-2-7(5-12)4-8(9)11/h2-4,6H,1H3. The van der Waals surface area contributed by atoms with Crippen LogP contribution in [-0.2, 0) is 7.05 Å². The molecule has 6 heteroatoms. The number of rotatable bonds is 2. The molecule has 0 aliphatic heterocycles. The Labute approximate surface area is 95.7 Å². The highest BCUT2D eigenvalue weighted by atomic mass is 32.2. The van der Waals surface area contributed by atoms with E-state index in [2.05, 4.69) is 10.2 Å². The second-order valence-corrected chi connectivity index (χ2v) is 4.09. The van der Waals surface area contributed by atoms with Gasteiger partial charge in [0.05, 0.1) is 16.5 Å². The van der Waals surface area contributed by atoms with Crippen LogP contribution >= 0.6 is 11.8 Å². The predicted molar refractivity (Wildman–Crippen MR) is 56.2 cm³/mol. The van der Waals surface area contributed by atoms with Crippen molar-refractivity contribution in [3.8, 4) is 6.07 Å². The summed E-state index contributed by atoms with van der Waals surface area (Å²) in [6, 6.07) is 6.22. The van der Waals surface area contributed by atoms with E-state index < -0.39 is 5.82 Å². The quantitative estimate of drug-likeness (QED) is 0.797. The molecule has 80 valence electrons. The van der Waals surface area contributed by atoms with Crippen LogP contribution in [0.25, 0.3) is 0 Å². The van der Waals surface area contributed by atoms with Crippen LogP contribution in [0.15, 0.2) is 34.6 Å². The van der Waals surface area contributed by atoms with Crippen LogP contribution in [0.2, 0.25) is 0 Å². The molecule has 0 amide bonds. The zero-order valence-electron chi connectivity index (χ0n) is 8.38. The van der Waals surface area contributed by atoms with Crippen molar-refractivity contribution in [1.82, 2.24) is 14.8 Å². The van der Waals surface area contributed by atoms with Crippen LogP contribution in [0.3, 0.4) is 0 Å². The molecule has 16 heavy (non-hydrogen) atoms. The maximum absolute atomic E-state index is 13.5. The predicted octanol–water partition coefficient (Wildman–Crippen LogP) is 1.98. The van der Waals surface area contributed by atoms with Gasteiger partial charge in [-0.25, -0.2) is 4.39 Å². The van der Waals surface area contributed by atoms with Crippen molar-refractivity contribution in [3.05, 3.63) is 35.9 Å². The minimum absolute atomic E-state index is 0.305. The molecule has 1 aromatic heterocycles. The van der Waals surface area contributed by atoms with Gasteiger partial charge < -0.3 is 4.57 Å². The fraction of sp³-hybridized carbons (Fsp3) is 0.100. The van der Waals surface area contributed by atoms with E-state index >= 15 is 0 Å². The van der Waals surface area contributed by atoms with E-state index in [0.717, 1.165) is 0 Å². The Morgan fingerprint density at radius 3 is 2.88 bits per heavy atom. The van der Waals surface area contributed by atoms with Gasteiger partial charge in [-0.3, -0.25) is 0 Å². The van der Waals surface area contributed by atoms with Crippen LogP contribution in [-0.4, -0.2) is 14.8 Å². The van der Waals surface area contributed by atoms with Crippen molar-refractivity contribution >= 4 is 11.8 Å². The van der Waals surface area contributed by atoms with E-state index in [1.807, 2.05) is 6.07 Å². The summed E-state index contributed by atoms with van der Waals surface area (Å²) >= 11 is 1.17. The van der Waals surface area contributed by atoms with Gasteiger partial charge in [-0.05, 0) is 30.0 Å². The molecule has 0 N–H and O–H groups in total. The third-order valence-corrected chi connectivity index (χ3v) is 3.04. The number of hydrogen-bond acceptors (Lipinski definition) is 4. The molecule has 0 atom stereocenters. The highest BCUT2D eigenvalue weighted by Crippen LogP contribution is 2.28. The van der Waals surface area contributed by atoms with Gasteiger partial charge in [0, 0.05) is 7.05 Å². The summed E-state index contributed by atoms with van der Waals surface area (Å²) in [4.78, 5) is 0.426. The Bertz CT molecular complexity index is 558. The molecule has 4 nitrogen and oxygen atoms in total. The molecule has 2 aromatic rings. The maximum Gasteiger partial charge on any atom is 0.195 e. The molecule has 0 saturated carbocycles. The molecular formula is C10H7FN4S. The van der Waals surface area contributed by atoms with Crippen LogP contribution in [0.5, 0.6) is 0 Å². The van der Waals surface area contributed by atoms with Crippen molar-refractivity contribution in [2.45, 2.75) is 10.1 Å².